The molecule has 0 aliphatic rings. The molecule has 2 N–H and O–H groups in total. The summed E-state index contributed by atoms with van der Waals surface area (Å²) in [6.07, 6.45) is 18.8. The van der Waals surface area contributed by atoms with Gasteiger partial charge in [0.25, 0.3) is 5.56 Å². The molecule has 0 aromatic carbocycles. The third-order valence-corrected chi connectivity index (χ3v) is 5.74. The number of hydrogen-bond acceptors (Lipinski definition) is 2. The molecule has 0 saturated heterocycles. The van der Waals surface area contributed by atoms with E-state index in [1.165, 1.54) is 70.6 Å². The molecule has 150 valence electrons. The van der Waals surface area contributed by atoms with Crippen molar-refractivity contribution in [3.8, 4) is 0 Å². The van der Waals surface area contributed by atoms with E-state index in [4.69, 9.17) is 12.2 Å². The van der Waals surface area contributed by atoms with Crippen molar-refractivity contribution in [2.24, 2.45) is 0 Å². The molecule has 26 heavy (non-hydrogen) atoms. The van der Waals surface area contributed by atoms with Crippen molar-refractivity contribution in [1.29, 1.82) is 0 Å². The molecule has 1 aromatic heterocycles. The van der Waals surface area contributed by atoms with Crippen LogP contribution in [0.3, 0.4) is 0 Å². The van der Waals surface area contributed by atoms with Gasteiger partial charge in [0.15, 0.2) is 4.77 Å². The van der Waals surface area contributed by atoms with Gasteiger partial charge < -0.3 is 4.98 Å². The van der Waals surface area contributed by atoms with Crippen LogP contribution < -0.4 is 5.56 Å². The SMILES string of the molecule is CCCCCCCCCCCCCCc1c(CCCBr)[nH]c(=S)[nH]c1=O. The number of hydrogen-bond donors (Lipinski definition) is 2. The van der Waals surface area contributed by atoms with E-state index in [-0.39, 0.29) is 5.56 Å². The summed E-state index contributed by atoms with van der Waals surface area (Å²) in [4.78, 5) is 18.1. The van der Waals surface area contributed by atoms with Gasteiger partial charge in [-0.15, -0.1) is 0 Å². The molecule has 5 heteroatoms. The van der Waals surface area contributed by atoms with Crippen molar-refractivity contribution in [2.45, 2.75) is 103 Å². The Kier molecular flexibility index (Phi) is 14.2. The highest BCUT2D eigenvalue weighted by molar-refractivity contribution is 9.09. The number of nitrogens with one attached hydrogen (secondary N) is 2. The fraction of sp³-hybridized carbons (Fsp3) is 0.810. The predicted molar refractivity (Wildman–Crippen MR) is 119 cm³/mol. The van der Waals surface area contributed by atoms with Crippen molar-refractivity contribution in [3.63, 3.8) is 0 Å². The summed E-state index contributed by atoms with van der Waals surface area (Å²) >= 11 is 8.57. The van der Waals surface area contributed by atoms with Gasteiger partial charge in [-0.1, -0.05) is 93.5 Å². The quantitative estimate of drug-likeness (QED) is 0.163. The lowest BCUT2D eigenvalue weighted by atomic mass is 10.0. The predicted octanol–water partition coefficient (Wildman–Crippen LogP) is 7.00. The standard InChI is InChI=1S/C21H37BrN2OS/c1-2-3-4-5-6-7-8-9-10-11-12-13-15-18-19(16-14-17-22)23-21(26)24-20(18)25/h2-17H2,1H3,(H2,23,24,25,26). The minimum absolute atomic E-state index is 0.00129. The fourth-order valence-electron chi connectivity index (χ4n) is 3.42. The highest BCUT2D eigenvalue weighted by Gasteiger charge is 2.08. The first kappa shape index (κ1) is 23.6. The maximum atomic E-state index is 12.2. The molecule has 3 nitrogen and oxygen atoms in total. The molecular formula is C21H37BrN2OS. The second-order valence-corrected chi connectivity index (χ2v) is 8.50. The van der Waals surface area contributed by atoms with Crippen molar-refractivity contribution in [3.05, 3.63) is 26.4 Å². The van der Waals surface area contributed by atoms with Crippen molar-refractivity contribution in [1.82, 2.24) is 9.97 Å². The monoisotopic (exact) mass is 444 g/mol. The molecule has 0 fully saturated rings. The maximum absolute atomic E-state index is 12.2. The molecule has 1 aromatic rings. The Morgan fingerprint density at radius 3 is 1.85 bits per heavy atom. The van der Waals surface area contributed by atoms with Gasteiger partial charge >= 0.3 is 0 Å². The molecule has 0 aliphatic heterocycles. The number of H-pyrrole nitrogens is 2. The van der Waals surface area contributed by atoms with Gasteiger partial charge in [-0.3, -0.25) is 9.78 Å². The Morgan fingerprint density at radius 1 is 0.769 bits per heavy atom. The van der Waals surface area contributed by atoms with Crippen molar-refractivity contribution < 1.29 is 0 Å². The number of alkyl halides is 1. The molecule has 1 rings (SSSR count). The topological polar surface area (TPSA) is 48.6 Å². The highest BCUT2D eigenvalue weighted by Crippen LogP contribution is 2.14. The van der Waals surface area contributed by atoms with Crippen molar-refractivity contribution >= 4 is 28.1 Å². The van der Waals surface area contributed by atoms with Crippen LogP contribution in [-0.2, 0) is 12.8 Å². The van der Waals surface area contributed by atoms with Gasteiger partial charge in [0, 0.05) is 16.6 Å². The van der Waals surface area contributed by atoms with E-state index >= 15 is 0 Å². The molecule has 0 amide bonds. The van der Waals surface area contributed by atoms with E-state index < -0.39 is 0 Å². The first-order valence-corrected chi connectivity index (χ1v) is 12.1. The van der Waals surface area contributed by atoms with Crippen LogP contribution in [0.2, 0.25) is 0 Å². The van der Waals surface area contributed by atoms with Crippen LogP contribution in [-0.4, -0.2) is 15.3 Å². The third kappa shape index (κ3) is 10.7. The molecule has 0 spiro atoms. The average molecular weight is 446 g/mol. The summed E-state index contributed by atoms with van der Waals surface area (Å²) in [6.45, 7) is 2.27. The van der Waals surface area contributed by atoms with Crippen LogP contribution in [0.4, 0.5) is 0 Å². The summed E-state index contributed by atoms with van der Waals surface area (Å²) in [6, 6.07) is 0. The van der Waals surface area contributed by atoms with Gasteiger partial charge in [0.05, 0.1) is 0 Å². The van der Waals surface area contributed by atoms with E-state index in [0.717, 1.165) is 42.3 Å². The summed E-state index contributed by atoms with van der Waals surface area (Å²) in [7, 11) is 0. The van der Waals surface area contributed by atoms with Gasteiger partial charge in [-0.25, -0.2) is 0 Å². The third-order valence-electron chi connectivity index (χ3n) is 4.97. The summed E-state index contributed by atoms with van der Waals surface area (Å²) in [5, 5.41) is 0.943. The molecule has 0 radical (unpaired) electrons. The zero-order valence-electron chi connectivity index (χ0n) is 16.5. The molecule has 0 aliphatic carbocycles. The Bertz CT molecular complexity index is 582. The molecule has 1 heterocycles. The number of aryl methyl sites for hydroxylation is 1. The van der Waals surface area contributed by atoms with Gasteiger partial charge in [0.2, 0.25) is 0 Å². The minimum Gasteiger partial charge on any atom is -0.336 e. The molecule has 0 unspecified atom stereocenters. The van der Waals surface area contributed by atoms with E-state index in [9.17, 15) is 4.79 Å². The molecule has 0 bridgehead atoms. The van der Waals surface area contributed by atoms with Crippen molar-refractivity contribution in [2.75, 3.05) is 5.33 Å². The zero-order chi connectivity index (χ0) is 19.0. The molecular weight excluding hydrogens is 408 g/mol. The largest absolute Gasteiger partial charge is 0.336 e. The van der Waals surface area contributed by atoms with Gasteiger partial charge in [-0.2, -0.15) is 0 Å². The van der Waals surface area contributed by atoms with E-state index in [0.29, 0.717) is 4.77 Å². The van der Waals surface area contributed by atoms with Crippen LogP contribution in [0, 0.1) is 4.77 Å². The summed E-state index contributed by atoms with van der Waals surface area (Å²) < 4.78 is 0.443. The lowest BCUT2D eigenvalue weighted by Gasteiger charge is -2.08. The van der Waals surface area contributed by atoms with E-state index in [1.807, 2.05) is 0 Å². The van der Waals surface area contributed by atoms with Gasteiger partial charge in [0.1, 0.15) is 0 Å². The minimum atomic E-state index is 0.00129. The highest BCUT2D eigenvalue weighted by atomic mass is 79.9. The zero-order valence-corrected chi connectivity index (χ0v) is 18.9. The fourth-order valence-corrected chi connectivity index (χ4v) is 3.92. The van der Waals surface area contributed by atoms with Crippen LogP contribution in [0.5, 0.6) is 0 Å². The smallest absolute Gasteiger partial charge is 0.255 e. The first-order valence-electron chi connectivity index (χ1n) is 10.6. The van der Waals surface area contributed by atoms with E-state index in [2.05, 4.69) is 32.8 Å². The van der Waals surface area contributed by atoms with E-state index in [1.54, 1.807) is 0 Å². The lowest BCUT2D eigenvalue weighted by Crippen LogP contribution is -2.18. The second kappa shape index (κ2) is 15.6. The van der Waals surface area contributed by atoms with Crippen LogP contribution >= 0.6 is 28.1 Å². The number of aromatic nitrogens is 2. The Hall–Kier alpha value is -0.420. The van der Waals surface area contributed by atoms with Crippen LogP contribution in [0.15, 0.2) is 4.79 Å². The normalized spacial score (nSPS) is 11.2. The maximum Gasteiger partial charge on any atom is 0.255 e. The Balaban J connectivity index is 2.16. The average Bonchev–Trinajstić information content (AvgIpc) is 2.62. The second-order valence-electron chi connectivity index (χ2n) is 7.30. The van der Waals surface area contributed by atoms with Gasteiger partial charge in [-0.05, 0) is 37.9 Å². The first-order chi connectivity index (χ1) is 12.7. The summed E-state index contributed by atoms with van der Waals surface area (Å²) in [5.41, 5.74) is 1.94. The number of rotatable bonds is 16. The number of halogens is 1. The van der Waals surface area contributed by atoms with Crippen LogP contribution in [0.25, 0.3) is 0 Å². The lowest BCUT2D eigenvalue weighted by molar-refractivity contribution is 0.543. The Labute approximate surface area is 172 Å². The molecule has 0 saturated carbocycles. The van der Waals surface area contributed by atoms with Crippen LogP contribution in [0.1, 0.15) is 102 Å². The summed E-state index contributed by atoms with van der Waals surface area (Å²) in [5.74, 6) is 0. The Morgan fingerprint density at radius 2 is 1.31 bits per heavy atom. The molecule has 0 atom stereocenters. The number of unbranched alkanes of at least 4 members (excludes halogenated alkanes) is 11. The number of aromatic amines is 2.